The standard InChI is InChI=1S/C10H11BrN2O2S3/c1-6-5-17-9(12-6)7(2)13-18(14,15)10-8(11)3-4-16-10/h3-5,7,13H,1-2H3. The monoisotopic (exact) mass is 366 g/mol. The lowest BCUT2D eigenvalue weighted by molar-refractivity contribution is 0.568. The van der Waals surface area contributed by atoms with E-state index in [1.54, 1.807) is 18.4 Å². The van der Waals surface area contributed by atoms with E-state index >= 15 is 0 Å². The summed E-state index contributed by atoms with van der Waals surface area (Å²) in [6.07, 6.45) is 0. The van der Waals surface area contributed by atoms with Crippen LogP contribution in [0.5, 0.6) is 0 Å². The van der Waals surface area contributed by atoms with Crippen molar-refractivity contribution in [2.24, 2.45) is 0 Å². The Balaban J connectivity index is 2.21. The molecular weight excluding hydrogens is 356 g/mol. The van der Waals surface area contributed by atoms with E-state index in [0.29, 0.717) is 8.68 Å². The highest BCUT2D eigenvalue weighted by Gasteiger charge is 2.23. The second kappa shape index (κ2) is 5.38. The van der Waals surface area contributed by atoms with Crippen molar-refractivity contribution in [3.63, 3.8) is 0 Å². The van der Waals surface area contributed by atoms with Crippen molar-refractivity contribution >= 4 is 48.6 Å². The molecule has 0 bridgehead atoms. The number of sulfonamides is 1. The number of hydrogen-bond acceptors (Lipinski definition) is 5. The Labute approximate surface area is 122 Å². The molecular formula is C10H11BrN2O2S3. The van der Waals surface area contributed by atoms with Crippen LogP contribution in [0.4, 0.5) is 0 Å². The molecule has 0 aromatic carbocycles. The molecule has 8 heteroatoms. The van der Waals surface area contributed by atoms with Gasteiger partial charge in [0.2, 0.25) is 0 Å². The van der Waals surface area contributed by atoms with Crippen LogP contribution in [-0.2, 0) is 10.0 Å². The van der Waals surface area contributed by atoms with Crippen LogP contribution < -0.4 is 4.72 Å². The lowest BCUT2D eigenvalue weighted by Gasteiger charge is -2.11. The molecule has 1 N–H and O–H groups in total. The van der Waals surface area contributed by atoms with E-state index in [4.69, 9.17) is 0 Å². The molecule has 0 saturated carbocycles. The summed E-state index contributed by atoms with van der Waals surface area (Å²) in [7, 11) is -3.50. The first-order valence-corrected chi connectivity index (χ1v) is 9.11. The van der Waals surface area contributed by atoms with Crippen LogP contribution in [0.15, 0.2) is 25.5 Å². The van der Waals surface area contributed by atoms with Gasteiger partial charge in [0.15, 0.2) is 0 Å². The maximum absolute atomic E-state index is 12.2. The molecule has 98 valence electrons. The van der Waals surface area contributed by atoms with Gasteiger partial charge in [-0.15, -0.1) is 22.7 Å². The molecule has 1 unspecified atom stereocenters. The Morgan fingerprint density at radius 2 is 2.17 bits per heavy atom. The number of nitrogens with zero attached hydrogens (tertiary/aromatic N) is 1. The molecule has 2 aromatic rings. The van der Waals surface area contributed by atoms with Crippen molar-refractivity contribution in [1.82, 2.24) is 9.71 Å². The van der Waals surface area contributed by atoms with E-state index in [1.165, 1.54) is 22.7 Å². The Morgan fingerprint density at radius 3 is 2.67 bits per heavy atom. The molecule has 1 atom stereocenters. The maximum Gasteiger partial charge on any atom is 0.251 e. The number of hydrogen-bond donors (Lipinski definition) is 1. The van der Waals surface area contributed by atoms with Crippen molar-refractivity contribution in [1.29, 1.82) is 0 Å². The van der Waals surface area contributed by atoms with E-state index in [2.05, 4.69) is 25.6 Å². The lowest BCUT2D eigenvalue weighted by Crippen LogP contribution is -2.26. The number of aromatic nitrogens is 1. The smallest absolute Gasteiger partial charge is 0.245 e. The van der Waals surface area contributed by atoms with Gasteiger partial charge in [0.1, 0.15) is 9.22 Å². The van der Waals surface area contributed by atoms with E-state index in [9.17, 15) is 8.42 Å². The molecule has 2 heterocycles. The molecule has 0 radical (unpaired) electrons. The summed E-state index contributed by atoms with van der Waals surface area (Å²) in [4.78, 5) is 4.28. The summed E-state index contributed by atoms with van der Waals surface area (Å²) in [6.45, 7) is 3.68. The summed E-state index contributed by atoms with van der Waals surface area (Å²) < 4.78 is 27.8. The maximum atomic E-state index is 12.2. The minimum absolute atomic E-state index is 0.294. The molecule has 0 aliphatic heterocycles. The van der Waals surface area contributed by atoms with Gasteiger partial charge in [-0.3, -0.25) is 0 Å². The fourth-order valence-electron chi connectivity index (χ4n) is 1.38. The van der Waals surface area contributed by atoms with Crippen LogP contribution in [-0.4, -0.2) is 13.4 Å². The zero-order valence-electron chi connectivity index (χ0n) is 9.68. The van der Waals surface area contributed by atoms with Gasteiger partial charge >= 0.3 is 0 Å². The van der Waals surface area contributed by atoms with Crippen molar-refractivity contribution in [3.8, 4) is 0 Å². The average Bonchev–Trinajstić information content (AvgIpc) is 2.86. The highest BCUT2D eigenvalue weighted by Crippen LogP contribution is 2.29. The van der Waals surface area contributed by atoms with Gasteiger partial charge in [-0.2, -0.15) is 0 Å². The van der Waals surface area contributed by atoms with Crippen LogP contribution >= 0.6 is 38.6 Å². The van der Waals surface area contributed by atoms with Crippen molar-refractivity contribution < 1.29 is 8.42 Å². The molecule has 2 rings (SSSR count). The molecule has 0 aliphatic carbocycles. The van der Waals surface area contributed by atoms with Crippen LogP contribution in [0, 0.1) is 6.92 Å². The molecule has 0 aliphatic rings. The summed E-state index contributed by atoms with van der Waals surface area (Å²) in [6, 6.07) is 1.39. The van der Waals surface area contributed by atoms with Crippen LogP contribution in [0.1, 0.15) is 23.7 Å². The lowest BCUT2D eigenvalue weighted by atomic mass is 10.4. The Bertz CT molecular complexity index is 648. The quantitative estimate of drug-likeness (QED) is 0.902. The molecule has 0 spiro atoms. The zero-order valence-corrected chi connectivity index (χ0v) is 13.7. The summed E-state index contributed by atoms with van der Waals surface area (Å²) in [5.41, 5.74) is 0.901. The van der Waals surface area contributed by atoms with E-state index in [1.807, 2.05) is 12.3 Å². The number of thiazole rings is 1. The largest absolute Gasteiger partial charge is 0.251 e. The minimum Gasteiger partial charge on any atom is -0.245 e. The van der Waals surface area contributed by atoms with Crippen molar-refractivity contribution in [2.45, 2.75) is 24.1 Å². The van der Waals surface area contributed by atoms with Crippen LogP contribution in [0.3, 0.4) is 0 Å². The fraction of sp³-hybridized carbons (Fsp3) is 0.300. The number of rotatable bonds is 4. The molecule has 0 fully saturated rings. The van der Waals surface area contributed by atoms with Gasteiger partial charge in [-0.1, -0.05) is 0 Å². The first-order valence-electron chi connectivity index (χ1n) is 5.07. The molecule has 4 nitrogen and oxygen atoms in total. The van der Waals surface area contributed by atoms with Gasteiger partial charge in [-0.05, 0) is 41.2 Å². The summed E-state index contributed by atoms with van der Waals surface area (Å²) in [5.74, 6) is 0. The summed E-state index contributed by atoms with van der Waals surface area (Å²) >= 11 is 5.87. The third-order valence-electron chi connectivity index (χ3n) is 2.17. The molecule has 0 amide bonds. The third-order valence-corrected chi connectivity index (χ3v) is 7.52. The van der Waals surface area contributed by atoms with Crippen molar-refractivity contribution in [3.05, 3.63) is 32.0 Å². The molecule has 0 saturated heterocycles. The van der Waals surface area contributed by atoms with Crippen LogP contribution in [0.25, 0.3) is 0 Å². The highest BCUT2D eigenvalue weighted by molar-refractivity contribution is 9.10. The SMILES string of the molecule is Cc1csc(C(C)NS(=O)(=O)c2sccc2Br)n1. The Morgan fingerprint density at radius 1 is 1.44 bits per heavy atom. The molecule has 18 heavy (non-hydrogen) atoms. The third kappa shape index (κ3) is 3.00. The fourth-order valence-corrected chi connectivity index (χ4v) is 5.82. The summed E-state index contributed by atoms with van der Waals surface area (Å²) in [5, 5.41) is 4.40. The molecule has 2 aromatic heterocycles. The number of nitrogens with one attached hydrogen (secondary N) is 1. The normalized spacial score (nSPS) is 13.7. The topological polar surface area (TPSA) is 59.1 Å². The van der Waals surface area contributed by atoms with E-state index < -0.39 is 10.0 Å². The van der Waals surface area contributed by atoms with Crippen LogP contribution in [0.2, 0.25) is 0 Å². The van der Waals surface area contributed by atoms with Gasteiger partial charge in [0.25, 0.3) is 10.0 Å². The predicted octanol–water partition coefficient (Wildman–Crippen LogP) is 3.32. The second-order valence-corrected chi connectivity index (χ2v) is 8.30. The van der Waals surface area contributed by atoms with Gasteiger partial charge in [-0.25, -0.2) is 18.1 Å². The Kier molecular flexibility index (Phi) is 4.22. The minimum atomic E-state index is -3.50. The van der Waals surface area contributed by atoms with Gasteiger partial charge in [0, 0.05) is 15.5 Å². The zero-order chi connectivity index (χ0) is 13.3. The number of thiophene rings is 1. The average molecular weight is 367 g/mol. The van der Waals surface area contributed by atoms with Gasteiger partial charge in [0.05, 0.1) is 6.04 Å². The van der Waals surface area contributed by atoms with Crippen molar-refractivity contribution in [2.75, 3.05) is 0 Å². The van der Waals surface area contributed by atoms with E-state index in [0.717, 1.165) is 10.7 Å². The Hall–Kier alpha value is -0.280. The number of halogens is 1. The highest BCUT2D eigenvalue weighted by atomic mass is 79.9. The predicted molar refractivity (Wildman–Crippen MR) is 77.6 cm³/mol. The second-order valence-electron chi connectivity index (χ2n) is 3.73. The number of aryl methyl sites for hydroxylation is 1. The first kappa shape index (κ1) is 14.1. The van der Waals surface area contributed by atoms with Gasteiger partial charge < -0.3 is 0 Å². The first-order chi connectivity index (χ1) is 8.40. The van der Waals surface area contributed by atoms with E-state index in [-0.39, 0.29) is 6.04 Å².